The van der Waals surface area contributed by atoms with Gasteiger partial charge in [-0.1, -0.05) is 60.7 Å². The van der Waals surface area contributed by atoms with Crippen molar-refractivity contribution < 1.29 is 9.72 Å². The van der Waals surface area contributed by atoms with Crippen LogP contribution in [0.25, 0.3) is 11.1 Å². The molecular formula is C21H18N2O3. The molecule has 0 saturated heterocycles. The number of Topliss-reactive ketones (excluding diaryl/α,β-unsaturated/α-hetero) is 1. The van der Waals surface area contributed by atoms with Crippen molar-refractivity contribution in [2.45, 2.75) is 6.42 Å². The Labute approximate surface area is 151 Å². The summed E-state index contributed by atoms with van der Waals surface area (Å²) in [5, 5.41) is 13.8. The van der Waals surface area contributed by atoms with Gasteiger partial charge in [0, 0.05) is 36.3 Å². The number of rotatable bonds is 7. The van der Waals surface area contributed by atoms with E-state index in [-0.39, 0.29) is 11.5 Å². The Balaban J connectivity index is 1.57. The predicted molar refractivity (Wildman–Crippen MR) is 102 cm³/mol. The van der Waals surface area contributed by atoms with Crippen molar-refractivity contribution in [1.29, 1.82) is 0 Å². The lowest BCUT2D eigenvalue weighted by molar-refractivity contribution is -0.384. The lowest BCUT2D eigenvalue weighted by Crippen LogP contribution is -2.09. The van der Waals surface area contributed by atoms with Crippen molar-refractivity contribution in [3.8, 4) is 11.1 Å². The van der Waals surface area contributed by atoms with Crippen LogP contribution in [-0.4, -0.2) is 17.3 Å². The number of nitro groups is 1. The number of hydrogen-bond donors (Lipinski definition) is 1. The molecule has 3 aromatic rings. The molecule has 0 aromatic heterocycles. The first-order valence-electron chi connectivity index (χ1n) is 8.30. The molecule has 0 fully saturated rings. The highest BCUT2D eigenvalue weighted by Gasteiger charge is 2.08. The minimum absolute atomic E-state index is 0.0258. The van der Waals surface area contributed by atoms with Gasteiger partial charge in [0.25, 0.3) is 5.69 Å². The Hall–Kier alpha value is -3.47. The minimum Gasteiger partial charge on any atom is -0.384 e. The highest BCUT2D eigenvalue weighted by molar-refractivity contribution is 5.96. The zero-order valence-electron chi connectivity index (χ0n) is 14.1. The first-order valence-corrected chi connectivity index (χ1v) is 8.30. The minimum atomic E-state index is -0.440. The number of anilines is 1. The molecule has 0 radical (unpaired) electrons. The molecule has 130 valence electrons. The van der Waals surface area contributed by atoms with Gasteiger partial charge in [-0.15, -0.1) is 0 Å². The van der Waals surface area contributed by atoms with Crippen molar-refractivity contribution in [1.82, 2.24) is 0 Å². The Morgan fingerprint density at radius 3 is 2.27 bits per heavy atom. The topological polar surface area (TPSA) is 72.2 Å². The predicted octanol–water partition coefficient (Wildman–Crippen LogP) is 4.95. The molecule has 0 amide bonds. The summed E-state index contributed by atoms with van der Waals surface area (Å²) in [6, 6.07) is 23.8. The first kappa shape index (κ1) is 17.4. The summed E-state index contributed by atoms with van der Waals surface area (Å²) in [6.45, 7) is 0.417. The third kappa shape index (κ3) is 4.33. The van der Waals surface area contributed by atoms with E-state index in [2.05, 4.69) is 5.32 Å². The van der Waals surface area contributed by atoms with Crippen LogP contribution in [0.2, 0.25) is 0 Å². The first-order chi connectivity index (χ1) is 12.6. The van der Waals surface area contributed by atoms with Crippen molar-refractivity contribution in [2.24, 2.45) is 0 Å². The van der Waals surface area contributed by atoms with E-state index in [9.17, 15) is 14.9 Å². The van der Waals surface area contributed by atoms with Gasteiger partial charge in [0.1, 0.15) is 0 Å². The van der Waals surface area contributed by atoms with Crippen LogP contribution in [0.1, 0.15) is 16.8 Å². The molecule has 3 rings (SSSR count). The van der Waals surface area contributed by atoms with E-state index in [1.807, 2.05) is 54.6 Å². The van der Waals surface area contributed by atoms with E-state index in [1.165, 1.54) is 12.1 Å². The van der Waals surface area contributed by atoms with Crippen LogP contribution in [0.15, 0.2) is 78.9 Å². The lowest BCUT2D eigenvalue weighted by atomic mass is 10.0. The number of carbonyl (C=O) groups is 1. The zero-order valence-corrected chi connectivity index (χ0v) is 14.1. The van der Waals surface area contributed by atoms with Gasteiger partial charge in [-0.2, -0.15) is 0 Å². The van der Waals surface area contributed by atoms with Gasteiger partial charge in [0.05, 0.1) is 4.92 Å². The number of ketones is 1. The number of non-ortho nitro benzene ring substituents is 1. The summed E-state index contributed by atoms with van der Waals surface area (Å²) in [5.41, 5.74) is 3.49. The van der Waals surface area contributed by atoms with E-state index >= 15 is 0 Å². The molecular weight excluding hydrogens is 328 g/mol. The van der Waals surface area contributed by atoms with Crippen molar-refractivity contribution in [3.05, 3.63) is 94.5 Å². The highest BCUT2D eigenvalue weighted by atomic mass is 16.6. The van der Waals surface area contributed by atoms with Gasteiger partial charge in [-0.25, -0.2) is 0 Å². The Kier molecular flexibility index (Phi) is 5.39. The summed E-state index contributed by atoms with van der Waals surface area (Å²) in [4.78, 5) is 22.6. The van der Waals surface area contributed by atoms with Crippen molar-refractivity contribution >= 4 is 17.2 Å². The van der Waals surface area contributed by atoms with Gasteiger partial charge < -0.3 is 5.32 Å². The Bertz CT molecular complexity index is 906. The largest absolute Gasteiger partial charge is 0.384 e. The number of benzene rings is 3. The number of hydrogen-bond acceptors (Lipinski definition) is 4. The molecule has 26 heavy (non-hydrogen) atoms. The Morgan fingerprint density at radius 1 is 0.885 bits per heavy atom. The normalized spacial score (nSPS) is 10.3. The summed E-state index contributed by atoms with van der Waals surface area (Å²) < 4.78 is 0. The molecule has 0 bridgehead atoms. The van der Waals surface area contributed by atoms with Crippen LogP contribution in [0, 0.1) is 10.1 Å². The second-order valence-electron chi connectivity index (χ2n) is 5.85. The smallest absolute Gasteiger partial charge is 0.271 e. The van der Waals surface area contributed by atoms with Gasteiger partial charge in [-0.05, 0) is 17.2 Å². The van der Waals surface area contributed by atoms with Gasteiger partial charge in [0.15, 0.2) is 5.78 Å². The van der Waals surface area contributed by atoms with E-state index in [4.69, 9.17) is 0 Å². The van der Waals surface area contributed by atoms with Crippen molar-refractivity contribution in [3.63, 3.8) is 0 Å². The molecule has 0 aliphatic heterocycles. The lowest BCUT2D eigenvalue weighted by Gasteiger charge is -2.07. The third-order valence-electron chi connectivity index (χ3n) is 4.05. The second-order valence-corrected chi connectivity index (χ2v) is 5.85. The monoisotopic (exact) mass is 346 g/mol. The van der Waals surface area contributed by atoms with Crippen LogP contribution in [0.4, 0.5) is 11.4 Å². The van der Waals surface area contributed by atoms with Crippen LogP contribution in [0.3, 0.4) is 0 Å². The molecule has 0 aliphatic carbocycles. The third-order valence-corrected chi connectivity index (χ3v) is 4.05. The molecule has 0 heterocycles. The average molecular weight is 346 g/mol. The van der Waals surface area contributed by atoms with E-state index < -0.39 is 4.92 Å². The molecule has 5 nitrogen and oxygen atoms in total. The van der Waals surface area contributed by atoms with Gasteiger partial charge >= 0.3 is 0 Å². The van der Waals surface area contributed by atoms with Gasteiger partial charge in [-0.3, -0.25) is 14.9 Å². The summed E-state index contributed by atoms with van der Waals surface area (Å²) in [7, 11) is 0. The number of nitro benzene ring substituents is 1. The van der Waals surface area contributed by atoms with Crippen LogP contribution < -0.4 is 5.32 Å². The quantitative estimate of drug-likeness (QED) is 0.373. The summed E-state index contributed by atoms with van der Waals surface area (Å²) in [5.74, 6) is 0.0301. The molecule has 1 N–H and O–H groups in total. The zero-order chi connectivity index (χ0) is 18.4. The number of nitrogens with one attached hydrogen (secondary N) is 1. The molecule has 3 aromatic carbocycles. The maximum Gasteiger partial charge on any atom is 0.271 e. The Morgan fingerprint density at radius 2 is 1.58 bits per heavy atom. The fraction of sp³-hybridized carbons (Fsp3) is 0.0952. The van der Waals surface area contributed by atoms with Crippen LogP contribution in [-0.2, 0) is 0 Å². The second kappa shape index (κ2) is 8.07. The van der Waals surface area contributed by atoms with Gasteiger partial charge in [0.2, 0.25) is 0 Å². The van der Waals surface area contributed by atoms with Crippen LogP contribution in [0.5, 0.6) is 0 Å². The molecule has 5 heteroatoms. The standard InChI is InChI=1S/C21H18N2O3/c24-21(13-14-22-19-7-4-8-20(15-19)23(25)26)18-11-9-17(10-12-18)16-5-2-1-3-6-16/h1-12,15,22H,13-14H2. The highest BCUT2D eigenvalue weighted by Crippen LogP contribution is 2.20. The maximum absolute atomic E-state index is 12.3. The van der Waals surface area contributed by atoms with Crippen LogP contribution >= 0.6 is 0 Å². The average Bonchev–Trinajstić information content (AvgIpc) is 2.69. The van der Waals surface area contributed by atoms with E-state index in [1.54, 1.807) is 12.1 Å². The SMILES string of the molecule is O=C(CCNc1cccc([N+](=O)[O-])c1)c1ccc(-c2ccccc2)cc1. The summed E-state index contributed by atoms with van der Waals surface area (Å²) >= 11 is 0. The molecule has 0 atom stereocenters. The fourth-order valence-electron chi connectivity index (χ4n) is 2.67. The summed E-state index contributed by atoms with van der Waals surface area (Å²) in [6.07, 6.45) is 0.313. The fourth-order valence-corrected chi connectivity index (χ4v) is 2.67. The molecule has 0 aliphatic rings. The molecule has 0 saturated carbocycles. The molecule has 0 unspecified atom stereocenters. The van der Waals surface area contributed by atoms with E-state index in [0.29, 0.717) is 24.2 Å². The number of nitrogens with zero attached hydrogens (tertiary/aromatic N) is 1. The van der Waals surface area contributed by atoms with E-state index in [0.717, 1.165) is 11.1 Å². The number of carbonyl (C=O) groups excluding carboxylic acids is 1. The molecule has 0 spiro atoms. The maximum atomic E-state index is 12.3. The van der Waals surface area contributed by atoms with Crippen molar-refractivity contribution in [2.75, 3.05) is 11.9 Å².